The first-order valence-electron chi connectivity index (χ1n) is 6.35. The molecule has 1 unspecified atom stereocenters. The van der Waals surface area contributed by atoms with Gasteiger partial charge in [0.2, 0.25) is 5.91 Å². The molecule has 5 nitrogen and oxygen atoms in total. The molecule has 0 radical (unpaired) electrons. The molecule has 0 spiro atoms. The van der Waals surface area contributed by atoms with Crippen molar-refractivity contribution < 1.29 is 4.79 Å². The maximum atomic E-state index is 11.9. The average molecular weight is 260 g/mol. The fourth-order valence-electron chi connectivity index (χ4n) is 1.54. The van der Waals surface area contributed by atoms with Crippen LogP contribution < -0.4 is 10.6 Å². The van der Waals surface area contributed by atoms with Gasteiger partial charge in [-0.25, -0.2) is 4.98 Å². The fourth-order valence-corrected chi connectivity index (χ4v) is 1.54. The molecule has 0 saturated carbocycles. The largest absolute Gasteiger partial charge is 0.358 e. The van der Waals surface area contributed by atoms with Gasteiger partial charge in [-0.1, -0.05) is 13.8 Å². The summed E-state index contributed by atoms with van der Waals surface area (Å²) in [6, 6.07) is 3.44. The van der Waals surface area contributed by atoms with E-state index in [1.807, 2.05) is 20.8 Å². The standard InChI is InChI=1S/C14H20N4O/c1-9(2)8-17-14(19)11(4)18-13-12(7-15)10(3)5-6-16-13/h5-6,9,11H,8H2,1-4H3,(H,16,18)(H,17,19). The number of nitrogens with zero attached hydrogens (tertiary/aromatic N) is 2. The van der Waals surface area contributed by atoms with Crippen LogP contribution in [0.25, 0.3) is 0 Å². The highest BCUT2D eigenvalue weighted by atomic mass is 16.2. The topological polar surface area (TPSA) is 77.8 Å². The van der Waals surface area contributed by atoms with E-state index in [0.29, 0.717) is 23.8 Å². The van der Waals surface area contributed by atoms with Crippen LogP contribution in [0, 0.1) is 24.2 Å². The van der Waals surface area contributed by atoms with Gasteiger partial charge >= 0.3 is 0 Å². The van der Waals surface area contributed by atoms with E-state index in [1.165, 1.54) is 0 Å². The maximum absolute atomic E-state index is 11.9. The number of aryl methyl sites for hydroxylation is 1. The number of nitrogens with one attached hydrogen (secondary N) is 2. The molecule has 1 atom stereocenters. The second-order valence-electron chi connectivity index (χ2n) is 4.97. The summed E-state index contributed by atoms with van der Waals surface area (Å²) >= 11 is 0. The van der Waals surface area contributed by atoms with Gasteiger partial charge in [0.05, 0.1) is 5.56 Å². The molecule has 1 amide bonds. The molecule has 102 valence electrons. The summed E-state index contributed by atoms with van der Waals surface area (Å²) in [6.07, 6.45) is 1.62. The van der Waals surface area contributed by atoms with Gasteiger partial charge in [0.25, 0.3) is 0 Å². The zero-order valence-electron chi connectivity index (χ0n) is 11.8. The van der Waals surface area contributed by atoms with Crippen molar-refractivity contribution >= 4 is 11.7 Å². The van der Waals surface area contributed by atoms with Crippen LogP contribution in [-0.2, 0) is 4.79 Å². The predicted molar refractivity (Wildman–Crippen MR) is 74.6 cm³/mol. The quantitative estimate of drug-likeness (QED) is 0.846. The molecule has 1 aromatic rings. The van der Waals surface area contributed by atoms with Gasteiger partial charge in [0.1, 0.15) is 17.9 Å². The van der Waals surface area contributed by atoms with Gasteiger partial charge in [-0.2, -0.15) is 5.26 Å². The van der Waals surface area contributed by atoms with Gasteiger partial charge in [-0.15, -0.1) is 0 Å². The third-order valence-corrected chi connectivity index (χ3v) is 2.70. The minimum absolute atomic E-state index is 0.0964. The molecule has 0 aliphatic rings. The number of rotatable bonds is 5. The third kappa shape index (κ3) is 4.25. The molecule has 0 aromatic carbocycles. The van der Waals surface area contributed by atoms with E-state index in [4.69, 9.17) is 5.26 Å². The van der Waals surface area contributed by atoms with Gasteiger partial charge in [-0.3, -0.25) is 4.79 Å². The van der Waals surface area contributed by atoms with Gasteiger partial charge in [-0.05, 0) is 31.4 Å². The highest BCUT2D eigenvalue weighted by Gasteiger charge is 2.15. The molecule has 0 bridgehead atoms. The number of carbonyl (C=O) groups excluding carboxylic acids is 1. The Labute approximate surface area is 114 Å². The van der Waals surface area contributed by atoms with Crippen molar-refractivity contribution in [1.82, 2.24) is 10.3 Å². The van der Waals surface area contributed by atoms with Crippen LogP contribution in [0.5, 0.6) is 0 Å². The second-order valence-corrected chi connectivity index (χ2v) is 4.97. The molecule has 0 aliphatic carbocycles. The zero-order valence-corrected chi connectivity index (χ0v) is 11.8. The molecule has 1 aromatic heterocycles. The van der Waals surface area contributed by atoms with Gasteiger partial charge < -0.3 is 10.6 Å². The van der Waals surface area contributed by atoms with Crippen molar-refractivity contribution in [3.8, 4) is 6.07 Å². The molecule has 1 heterocycles. The summed E-state index contributed by atoms with van der Waals surface area (Å²) in [5.74, 6) is 0.763. The van der Waals surface area contributed by atoms with Crippen molar-refractivity contribution in [1.29, 1.82) is 5.26 Å². The predicted octanol–water partition coefficient (Wildman–Crippen LogP) is 1.83. The molecule has 19 heavy (non-hydrogen) atoms. The Morgan fingerprint density at radius 2 is 2.16 bits per heavy atom. The summed E-state index contributed by atoms with van der Waals surface area (Å²) in [6.45, 7) is 8.30. The number of pyridine rings is 1. The van der Waals surface area contributed by atoms with Crippen LogP contribution in [0.4, 0.5) is 5.82 Å². The molecule has 0 saturated heterocycles. The first kappa shape index (κ1) is 15.0. The lowest BCUT2D eigenvalue weighted by molar-refractivity contribution is -0.121. The molecule has 0 aliphatic heterocycles. The second kappa shape index (κ2) is 6.74. The number of amides is 1. The van der Waals surface area contributed by atoms with Crippen molar-refractivity contribution in [2.24, 2.45) is 5.92 Å². The van der Waals surface area contributed by atoms with E-state index >= 15 is 0 Å². The lowest BCUT2D eigenvalue weighted by atomic mass is 10.1. The molecular formula is C14H20N4O. The highest BCUT2D eigenvalue weighted by Crippen LogP contribution is 2.15. The van der Waals surface area contributed by atoms with Crippen molar-refractivity contribution in [3.05, 3.63) is 23.4 Å². The van der Waals surface area contributed by atoms with Gasteiger partial charge in [0.15, 0.2) is 0 Å². The number of nitriles is 1. The Morgan fingerprint density at radius 3 is 2.74 bits per heavy atom. The molecule has 2 N–H and O–H groups in total. The SMILES string of the molecule is Cc1ccnc(NC(C)C(=O)NCC(C)C)c1C#N. The Bertz CT molecular complexity index is 491. The Morgan fingerprint density at radius 1 is 1.47 bits per heavy atom. The maximum Gasteiger partial charge on any atom is 0.242 e. The van der Waals surface area contributed by atoms with E-state index in [1.54, 1.807) is 19.2 Å². The van der Waals surface area contributed by atoms with E-state index in [9.17, 15) is 4.79 Å². The van der Waals surface area contributed by atoms with Crippen molar-refractivity contribution in [2.45, 2.75) is 33.7 Å². The first-order valence-corrected chi connectivity index (χ1v) is 6.35. The van der Waals surface area contributed by atoms with E-state index in [-0.39, 0.29) is 5.91 Å². The first-order chi connectivity index (χ1) is 8.95. The van der Waals surface area contributed by atoms with E-state index in [0.717, 1.165) is 5.56 Å². The monoisotopic (exact) mass is 260 g/mol. The van der Waals surface area contributed by atoms with Gasteiger partial charge in [0, 0.05) is 12.7 Å². The Balaban J connectivity index is 2.72. The molecule has 1 rings (SSSR count). The van der Waals surface area contributed by atoms with E-state index in [2.05, 4.69) is 21.7 Å². The van der Waals surface area contributed by atoms with Crippen LogP contribution in [0.1, 0.15) is 31.9 Å². The minimum atomic E-state index is -0.430. The highest BCUT2D eigenvalue weighted by molar-refractivity contribution is 5.84. The number of hydrogen-bond acceptors (Lipinski definition) is 4. The number of carbonyl (C=O) groups is 1. The van der Waals surface area contributed by atoms with Crippen molar-refractivity contribution in [2.75, 3.05) is 11.9 Å². The summed E-state index contributed by atoms with van der Waals surface area (Å²) in [7, 11) is 0. The summed E-state index contributed by atoms with van der Waals surface area (Å²) in [5.41, 5.74) is 1.32. The Kier molecular flexibility index (Phi) is 5.31. The number of aromatic nitrogens is 1. The molecule has 0 fully saturated rings. The zero-order chi connectivity index (χ0) is 14.4. The van der Waals surface area contributed by atoms with Crippen LogP contribution in [0.2, 0.25) is 0 Å². The number of hydrogen-bond donors (Lipinski definition) is 2. The lowest BCUT2D eigenvalue weighted by Crippen LogP contribution is -2.39. The number of anilines is 1. The average Bonchev–Trinajstić information content (AvgIpc) is 2.36. The smallest absolute Gasteiger partial charge is 0.242 e. The fraction of sp³-hybridized carbons (Fsp3) is 0.500. The minimum Gasteiger partial charge on any atom is -0.358 e. The van der Waals surface area contributed by atoms with Crippen molar-refractivity contribution in [3.63, 3.8) is 0 Å². The Hall–Kier alpha value is -2.09. The van der Waals surface area contributed by atoms with Crippen LogP contribution in [0.15, 0.2) is 12.3 Å². The van der Waals surface area contributed by atoms with Crippen LogP contribution in [-0.4, -0.2) is 23.5 Å². The molecular weight excluding hydrogens is 240 g/mol. The third-order valence-electron chi connectivity index (χ3n) is 2.70. The summed E-state index contributed by atoms with van der Waals surface area (Å²) in [5, 5.41) is 14.9. The lowest BCUT2D eigenvalue weighted by Gasteiger charge is -2.16. The van der Waals surface area contributed by atoms with E-state index < -0.39 is 6.04 Å². The summed E-state index contributed by atoms with van der Waals surface area (Å²) in [4.78, 5) is 16.0. The molecule has 5 heteroatoms. The summed E-state index contributed by atoms with van der Waals surface area (Å²) < 4.78 is 0. The van der Waals surface area contributed by atoms with Crippen LogP contribution >= 0.6 is 0 Å². The van der Waals surface area contributed by atoms with Crippen LogP contribution in [0.3, 0.4) is 0 Å². The normalized spacial score (nSPS) is 11.8.